The molecule has 1 saturated heterocycles. The van der Waals surface area contributed by atoms with E-state index in [0.717, 1.165) is 11.3 Å². The topological polar surface area (TPSA) is 59.2 Å². The van der Waals surface area contributed by atoms with Gasteiger partial charge >= 0.3 is 0 Å². The van der Waals surface area contributed by atoms with Gasteiger partial charge < -0.3 is 9.42 Å². The molecule has 2 heterocycles. The van der Waals surface area contributed by atoms with Crippen molar-refractivity contribution in [3.05, 3.63) is 40.5 Å². The second-order valence-corrected chi connectivity index (χ2v) is 7.47. The Morgan fingerprint density at radius 3 is 2.70 bits per heavy atom. The van der Waals surface area contributed by atoms with Gasteiger partial charge in [-0.2, -0.15) is 4.98 Å². The zero-order chi connectivity index (χ0) is 16.8. The highest BCUT2D eigenvalue weighted by Crippen LogP contribution is 2.35. The lowest BCUT2D eigenvalue weighted by molar-refractivity contribution is -0.117. The summed E-state index contributed by atoms with van der Waals surface area (Å²) in [5.74, 6) is 1.11. The van der Waals surface area contributed by atoms with Crippen molar-refractivity contribution in [2.45, 2.75) is 45.4 Å². The van der Waals surface area contributed by atoms with Crippen molar-refractivity contribution in [3.63, 3.8) is 0 Å². The van der Waals surface area contributed by atoms with Crippen LogP contribution < -0.4 is 4.90 Å². The molecule has 3 rings (SSSR count). The van der Waals surface area contributed by atoms with E-state index < -0.39 is 0 Å². The maximum absolute atomic E-state index is 12.4. The number of carbonyl (C=O) groups excluding carboxylic acids is 1. The SMILES string of the molecule is Cc1ccc(N2CC(c3nc(C(C)(C)C)no3)CC2=O)c(Cl)c1. The normalized spacial score (nSPS) is 18.7. The van der Waals surface area contributed by atoms with E-state index in [1.807, 2.05) is 45.9 Å². The molecule has 1 aliphatic rings. The van der Waals surface area contributed by atoms with Crippen LogP contribution in [-0.4, -0.2) is 22.6 Å². The summed E-state index contributed by atoms with van der Waals surface area (Å²) in [6.45, 7) is 8.56. The fourth-order valence-corrected chi connectivity index (χ4v) is 2.98. The minimum absolute atomic E-state index is 0.0243. The highest BCUT2D eigenvalue weighted by atomic mass is 35.5. The van der Waals surface area contributed by atoms with E-state index in [0.29, 0.717) is 29.7 Å². The Kier molecular flexibility index (Phi) is 3.92. The molecule has 1 atom stereocenters. The van der Waals surface area contributed by atoms with Crippen molar-refractivity contribution in [1.29, 1.82) is 0 Å². The number of anilines is 1. The maximum Gasteiger partial charge on any atom is 0.232 e. The Balaban J connectivity index is 1.84. The van der Waals surface area contributed by atoms with Crippen LogP contribution in [0.5, 0.6) is 0 Å². The van der Waals surface area contributed by atoms with Crippen molar-refractivity contribution < 1.29 is 9.32 Å². The summed E-state index contributed by atoms with van der Waals surface area (Å²) >= 11 is 6.29. The lowest BCUT2D eigenvalue weighted by Gasteiger charge is -2.18. The van der Waals surface area contributed by atoms with Gasteiger partial charge in [-0.15, -0.1) is 0 Å². The molecule has 0 bridgehead atoms. The summed E-state index contributed by atoms with van der Waals surface area (Å²) in [7, 11) is 0. The lowest BCUT2D eigenvalue weighted by atomic mass is 9.96. The zero-order valence-corrected chi connectivity index (χ0v) is 14.5. The first-order valence-electron chi connectivity index (χ1n) is 7.66. The minimum atomic E-state index is -0.176. The van der Waals surface area contributed by atoms with E-state index in [1.54, 1.807) is 4.90 Å². The third-order valence-electron chi connectivity index (χ3n) is 3.98. The first-order chi connectivity index (χ1) is 10.8. The standard InChI is InChI=1S/C17H20ClN3O2/c1-10-5-6-13(12(18)7-10)21-9-11(8-14(21)22)15-19-16(20-23-15)17(2,3)4/h5-7,11H,8-9H2,1-4H3. The number of benzene rings is 1. The van der Waals surface area contributed by atoms with Crippen LogP contribution in [0.3, 0.4) is 0 Å². The Bertz CT molecular complexity index is 749. The van der Waals surface area contributed by atoms with Crippen LogP contribution in [0.15, 0.2) is 22.7 Å². The number of halogens is 1. The molecule has 1 aromatic carbocycles. The van der Waals surface area contributed by atoms with Crippen molar-refractivity contribution in [2.24, 2.45) is 0 Å². The summed E-state index contributed by atoms with van der Waals surface area (Å²) in [5.41, 5.74) is 1.62. The molecule has 23 heavy (non-hydrogen) atoms. The van der Waals surface area contributed by atoms with Gasteiger partial charge in [0.15, 0.2) is 5.82 Å². The van der Waals surface area contributed by atoms with Crippen LogP contribution in [0.2, 0.25) is 5.02 Å². The van der Waals surface area contributed by atoms with Gasteiger partial charge in [-0.25, -0.2) is 0 Å². The van der Waals surface area contributed by atoms with Gasteiger partial charge in [0.05, 0.1) is 16.6 Å². The van der Waals surface area contributed by atoms with Gasteiger partial charge in [0.1, 0.15) is 0 Å². The number of hydrogen-bond donors (Lipinski definition) is 0. The molecule has 6 heteroatoms. The lowest BCUT2D eigenvalue weighted by Crippen LogP contribution is -2.24. The van der Waals surface area contributed by atoms with Crippen LogP contribution in [0.4, 0.5) is 5.69 Å². The fourth-order valence-electron chi connectivity index (χ4n) is 2.64. The van der Waals surface area contributed by atoms with E-state index in [-0.39, 0.29) is 17.2 Å². The predicted octanol–water partition coefficient (Wildman–Crippen LogP) is 3.85. The number of hydrogen-bond acceptors (Lipinski definition) is 4. The van der Waals surface area contributed by atoms with Gasteiger partial charge in [-0.1, -0.05) is 43.6 Å². The highest BCUT2D eigenvalue weighted by molar-refractivity contribution is 6.34. The highest BCUT2D eigenvalue weighted by Gasteiger charge is 2.36. The van der Waals surface area contributed by atoms with E-state index in [1.165, 1.54) is 0 Å². The quantitative estimate of drug-likeness (QED) is 0.837. The monoisotopic (exact) mass is 333 g/mol. The Hall–Kier alpha value is -1.88. The third-order valence-corrected chi connectivity index (χ3v) is 4.28. The first kappa shape index (κ1) is 16.0. The summed E-state index contributed by atoms with van der Waals surface area (Å²) in [6, 6.07) is 5.69. The number of aromatic nitrogens is 2. The summed E-state index contributed by atoms with van der Waals surface area (Å²) in [4.78, 5) is 18.6. The molecular formula is C17H20ClN3O2. The van der Waals surface area contributed by atoms with Gasteiger partial charge in [0, 0.05) is 18.4 Å². The summed E-state index contributed by atoms with van der Waals surface area (Å²) in [6.07, 6.45) is 0.357. The largest absolute Gasteiger partial charge is 0.339 e. The van der Waals surface area contributed by atoms with E-state index >= 15 is 0 Å². The average Bonchev–Trinajstić information content (AvgIpc) is 3.05. The number of rotatable bonds is 2. The number of nitrogens with zero attached hydrogens (tertiary/aromatic N) is 3. The fraction of sp³-hybridized carbons (Fsp3) is 0.471. The summed E-state index contributed by atoms with van der Waals surface area (Å²) < 4.78 is 5.38. The van der Waals surface area contributed by atoms with Crippen molar-refractivity contribution in [3.8, 4) is 0 Å². The predicted molar refractivity (Wildman–Crippen MR) is 88.9 cm³/mol. The van der Waals surface area contributed by atoms with Gasteiger partial charge in [0.2, 0.25) is 11.8 Å². The molecule has 0 radical (unpaired) electrons. The van der Waals surface area contributed by atoms with Gasteiger partial charge in [-0.3, -0.25) is 4.79 Å². The minimum Gasteiger partial charge on any atom is -0.339 e. The second-order valence-electron chi connectivity index (χ2n) is 7.07. The van der Waals surface area contributed by atoms with Crippen LogP contribution >= 0.6 is 11.6 Å². The third kappa shape index (κ3) is 3.11. The molecule has 0 spiro atoms. The van der Waals surface area contributed by atoms with Crippen LogP contribution in [-0.2, 0) is 10.2 Å². The molecule has 5 nitrogen and oxygen atoms in total. The summed E-state index contributed by atoms with van der Waals surface area (Å²) in [5, 5.41) is 4.63. The smallest absolute Gasteiger partial charge is 0.232 e. The number of carbonyl (C=O) groups is 1. The van der Waals surface area contributed by atoms with E-state index in [2.05, 4.69) is 10.1 Å². The van der Waals surface area contributed by atoms with Crippen LogP contribution in [0.1, 0.15) is 50.4 Å². The van der Waals surface area contributed by atoms with Crippen molar-refractivity contribution in [2.75, 3.05) is 11.4 Å². The molecule has 1 amide bonds. The Morgan fingerprint density at radius 2 is 2.09 bits per heavy atom. The first-order valence-corrected chi connectivity index (χ1v) is 8.04. The molecule has 2 aromatic rings. The number of amides is 1. The maximum atomic E-state index is 12.4. The van der Waals surface area contributed by atoms with Crippen molar-refractivity contribution in [1.82, 2.24) is 10.1 Å². The molecule has 0 saturated carbocycles. The van der Waals surface area contributed by atoms with Crippen molar-refractivity contribution >= 4 is 23.2 Å². The molecular weight excluding hydrogens is 314 g/mol. The Morgan fingerprint density at radius 1 is 1.35 bits per heavy atom. The molecule has 0 N–H and O–H groups in total. The van der Waals surface area contributed by atoms with E-state index in [9.17, 15) is 4.79 Å². The molecule has 1 aromatic heterocycles. The molecule has 0 aliphatic carbocycles. The molecule has 1 fully saturated rings. The van der Waals surface area contributed by atoms with E-state index in [4.69, 9.17) is 16.1 Å². The zero-order valence-electron chi connectivity index (χ0n) is 13.8. The Labute approximate surface area is 140 Å². The van der Waals surface area contributed by atoms with Gasteiger partial charge in [-0.05, 0) is 24.6 Å². The second kappa shape index (κ2) is 5.64. The van der Waals surface area contributed by atoms with Gasteiger partial charge in [0.25, 0.3) is 0 Å². The molecule has 1 aliphatic heterocycles. The number of aryl methyl sites for hydroxylation is 1. The average molecular weight is 334 g/mol. The van der Waals surface area contributed by atoms with Crippen LogP contribution in [0, 0.1) is 6.92 Å². The molecule has 1 unspecified atom stereocenters. The molecule has 122 valence electrons. The van der Waals surface area contributed by atoms with Crippen LogP contribution in [0.25, 0.3) is 0 Å².